The second-order valence-corrected chi connectivity index (χ2v) is 5.58. The van der Waals surface area contributed by atoms with Gasteiger partial charge in [0.1, 0.15) is 12.1 Å². The number of nitrogens with zero attached hydrogens (tertiary/aromatic N) is 6. The number of benzene rings is 2. The van der Waals surface area contributed by atoms with Gasteiger partial charge in [0.15, 0.2) is 0 Å². The Balaban J connectivity index is 1.38. The van der Waals surface area contributed by atoms with E-state index in [0.717, 1.165) is 22.3 Å². The summed E-state index contributed by atoms with van der Waals surface area (Å²) in [7, 11) is 0. The zero-order chi connectivity index (χ0) is 17.8. The van der Waals surface area contributed by atoms with E-state index in [1.165, 1.54) is 4.68 Å². The Kier molecular flexibility index (Phi) is 4.21. The highest BCUT2D eigenvalue weighted by molar-refractivity contribution is 5.83. The van der Waals surface area contributed by atoms with Crippen LogP contribution >= 0.6 is 0 Å². The molecule has 128 valence electrons. The van der Waals surface area contributed by atoms with Gasteiger partial charge in [0.25, 0.3) is 5.91 Å². The van der Waals surface area contributed by atoms with Gasteiger partial charge in [-0.25, -0.2) is 14.8 Å². The summed E-state index contributed by atoms with van der Waals surface area (Å²) in [6.07, 6.45) is 5.05. The van der Waals surface area contributed by atoms with Crippen LogP contribution in [0.3, 0.4) is 0 Å². The van der Waals surface area contributed by atoms with Crippen molar-refractivity contribution in [3.05, 3.63) is 72.6 Å². The van der Waals surface area contributed by atoms with Gasteiger partial charge in [-0.1, -0.05) is 35.5 Å². The second-order valence-electron chi connectivity index (χ2n) is 5.58. The van der Waals surface area contributed by atoms with Crippen molar-refractivity contribution in [2.45, 2.75) is 6.54 Å². The molecule has 0 bridgehead atoms. The molecule has 0 unspecified atom stereocenters. The fraction of sp³-hybridized carbons (Fsp3) is 0.0556. The topological polar surface area (TPSA) is 90.0 Å². The normalized spacial score (nSPS) is 11.2. The molecule has 4 rings (SSSR count). The molecule has 1 amide bonds. The van der Waals surface area contributed by atoms with E-state index in [2.05, 4.69) is 25.9 Å². The highest BCUT2D eigenvalue weighted by atomic mass is 16.2. The summed E-state index contributed by atoms with van der Waals surface area (Å²) in [6.45, 7) is 0.0428. The molecule has 0 saturated heterocycles. The molecule has 0 atom stereocenters. The van der Waals surface area contributed by atoms with Gasteiger partial charge in [-0.05, 0) is 24.3 Å². The van der Waals surface area contributed by atoms with Gasteiger partial charge in [-0.15, -0.1) is 5.10 Å². The summed E-state index contributed by atoms with van der Waals surface area (Å²) < 4.78 is 3.28. The summed E-state index contributed by atoms with van der Waals surface area (Å²) in [5.41, 5.74) is 5.77. The van der Waals surface area contributed by atoms with Gasteiger partial charge in [0, 0.05) is 11.8 Å². The molecule has 0 aliphatic rings. The highest BCUT2D eigenvalue weighted by Gasteiger charge is 2.07. The van der Waals surface area contributed by atoms with Gasteiger partial charge < -0.3 is 0 Å². The lowest BCUT2D eigenvalue weighted by Crippen LogP contribution is -2.23. The first-order valence-electron chi connectivity index (χ1n) is 8.00. The third-order valence-electron chi connectivity index (χ3n) is 3.74. The van der Waals surface area contributed by atoms with E-state index in [0.29, 0.717) is 0 Å². The third-order valence-corrected chi connectivity index (χ3v) is 3.74. The van der Waals surface area contributed by atoms with Crippen molar-refractivity contribution >= 4 is 23.2 Å². The molecule has 0 radical (unpaired) electrons. The van der Waals surface area contributed by atoms with Crippen molar-refractivity contribution in [1.82, 2.24) is 30.2 Å². The first-order chi connectivity index (χ1) is 12.8. The maximum atomic E-state index is 12.0. The molecule has 2 aromatic carbocycles. The summed E-state index contributed by atoms with van der Waals surface area (Å²) in [5, 5.41) is 16.2. The van der Waals surface area contributed by atoms with Crippen molar-refractivity contribution < 1.29 is 4.79 Å². The van der Waals surface area contributed by atoms with Crippen LogP contribution in [0.1, 0.15) is 5.56 Å². The van der Waals surface area contributed by atoms with E-state index < -0.39 is 0 Å². The predicted molar refractivity (Wildman–Crippen MR) is 96.8 cm³/mol. The smallest absolute Gasteiger partial charge is 0.261 e. The van der Waals surface area contributed by atoms with Gasteiger partial charge in [0.2, 0.25) is 0 Å². The first-order valence-corrected chi connectivity index (χ1v) is 8.00. The summed E-state index contributed by atoms with van der Waals surface area (Å²) in [6, 6.07) is 17.2. The number of aromatic nitrogens is 5. The second kappa shape index (κ2) is 6.98. The Hall–Kier alpha value is -3.81. The minimum Gasteiger partial charge on any atom is -0.271 e. The van der Waals surface area contributed by atoms with Gasteiger partial charge >= 0.3 is 0 Å². The molecule has 4 aromatic rings. The molecular weight excluding hydrogens is 330 g/mol. The summed E-state index contributed by atoms with van der Waals surface area (Å²) in [5.74, 6) is -0.285. The van der Waals surface area contributed by atoms with Crippen LogP contribution in [-0.2, 0) is 11.3 Å². The SMILES string of the molecule is O=C(Cn1nnc2ccccc21)N/N=C\c1cnn(-c2ccccc2)c1. The molecule has 0 aliphatic carbocycles. The van der Waals surface area contributed by atoms with E-state index >= 15 is 0 Å². The molecule has 2 heterocycles. The van der Waals surface area contributed by atoms with Crippen molar-refractivity contribution in [2.75, 3.05) is 0 Å². The zero-order valence-corrected chi connectivity index (χ0v) is 13.7. The van der Waals surface area contributed by atoms with Crippen LogP contribution in [0.25, 0.3) is 16.7 Å². The Labute approximate surface area is 148 Å². The quantitative estimate of drug-likeness (QED) is 0.441. The fourth-order valence-electron chi connectivity index (χ4n) is 2.51. The first kappa shape index (κ1) is 15.7. The number of carbonyl (C=O) groups is 1. The van der Waals surface area contributed by atoms with E-state index in [1.807, 2.05) is 60.8 Å². The number of amides is 1. The molecule has 1 N–H and O–H groups in total. The van der Waals surface area contributed by atoms with Crippen LogP contribution in [-0.4, -0.2) is 36.9 Å². The highest BCUT2D eigenvalue weighted by Crippen LogP contribution is 2.09. The third kappa shape index (κ3) is 3.34. The Morgan fingerprint density at radius 2 is 1.92 bits per heavy atom. The van der Waals surface area contributed by atoms with E-state index in [-0.39, 0.29) is 12.5 Å². The monoisotopic (exact) mass is 345 g/mol. The van der Waals surface area contributed by atoms with Gasteiger partial charge in [-0.2, -0.15) is 10.2 Å². The van der Waals surface area contributed by atoms with Crippen molar-refractivity contribution in [3.8, 4) is 5.69 Å². The maximum Gasteiger partial charge on any atom is 0.261 e. The molecule has 0 saturated carbocycles. The lowest BCUT2D eigenvalue weighted by Gasteiger charge is -2.00. The van der Waals surface area contributed by atoms with Crippen LogP contribution in [0.5, 0.6) is 0 Å². The number of rotatable bonds is 5. The average molecular weight is 345 g/mol. The van der Waals surface area contributed by atoms with E-state index in [1.54, 1.807) is 17.1 Å². The largest absolute Gasteiger partial charge is 0.271 e. The number of hydrogen-bond donors (Lipinski definition) is 1. The van der Waals surface area contributed by atoms with E-state index in [9.17, 15) is 4.79 Å². The van der Waals surface area contributed by atoms with Gasteiger partial charge in [0.05, 0.1) is 23.6 Å². The van der Waals surface area contributed by atoms with Crippen molar-refractivity contribution in [2.24, 2.45) is 5.10 Å². The fourth-order valence-corrected chi connectivity index (χ4v) is 2.51. The number of fused-ring (bicyclic) bond motifs is 1. The van der Waals surface area contributed by atoms with Crippen LogP contribution in [0.15, 0.2) is 72.1 Å². The zero-order valence-electron chi connectivity index (χ0n) is 13.7. The predicted octanol–water partition coefficient (Wildman–Crippen LogP) is 1.77. The number of carbonyl (C=O) groups excluding carboxylic acids is 1. The summed E-state index contributed by atoms with van der Waals surface area (Å²) in [4.78, 5) is 12.0. The molecule has 26 heavy (non-hydrogen) atoms. The Morgan fingerprint density at radius 3 is 2.81 bits per heavy atom. The molecular formula is C18H15N7O. The Morgan fingerprint density at radius 1 is 1.12 bits per heavy atom. The van der Waals surface area contributed by atoms with Crippen molar-refractivity contribution in [3.63, 3.8) is 0 Å². The molecule has 2 aromatic heterocycles. The lowest BCUT2D eigenvalue weighted by atomic mass is 10.3. The number of hydrazone groups is 1. The number of para-hydroxylation sites is 2. The molecule has 8 nitrogen and oxygen atoms in total. The molecule has 0 aliphatic heterocycles. The number of hydrogen-bond acceptors (Lipinski definition) is 5. The molecule has 0 spiro atoms. The minimum absolute atomic E-state index is 0.0428. The number of nitrogens with one attached hydrogen (secondary N) is 1. The minimum atomic E-state index is -0.285. The average Bonchev–Trinajstić information content (AvgIpc) is 3.30. The standard InChI is InChI=1S/C18H15N7O/c26-18(13-25-17-9-5-4-8-16(17)21-23-25)22-19-10-14-11-20-24(12-14)15-6-2-1-3-7-15/h1-12H,13H2,(H,22,26)/b19-10-. The van der Waals surface area contributed by atoms with Crippen LogP contribution in [0.4, 0.5) is 0 Å². The van der Waals surface area contributed by atoms with Crippen LogP contribution < -0.4 is 5.43 Å². The maximum absolute atomic E-state index is 12.0. The summed E-state index contributed by atoms with van der Waals surface area (Å²) >= 11 is 0. The molecule has 0 fully saturated rings. The van der Waals surface area contributed by atoms with E-state index in [4.69, 9.17) is 0 Å². The molecule has 8 heteroatoms. The van der Waals surface area contributed by atoms with Crippen LogP contribution in [0, 0.1) is 0 Å². The Bertz CT molecular complexity index is 1070. The van der Waals surface area contributed by atoms with Crippen LogP contribution in [0.2, 0.25) is 0 Å². The van der Waals surface area contributed by atoms with Crippen molar-refractivity contribution in [1.29, 1.82) is 0 Å². The lowest BCUT2D eigenvalue weighted by molar-refractivity contribution is -0.121. The van der Waals surface area contributed by atoms with Gasteiger partial charge in [-0.3, -0.25) is 4.79 Å².